The number of hydrogen-bond donors (Lipinski definition) is 2. The van der Waals surface area contributed by atoms with Gasteiger partial charge < -0.3 is 19.8 Å². The van der Waals surface area contributed by atoms with E-state index in [-0.39, 0.29) is 35.4 Å². The molecule has 2 aliphatic heterocycles. The minimum atomic E-state index is -0.900. The first-order valence-electron chi connectivity index (χ1n) is 14.1. The number of nitrogens with zero attached hydrogens (tertiary/aromatic N) is 2. The number of aliphatic hydroxyl groups is 1. The van der Waals surface area contributed by atoms with Crippen molar-refractivity contribution in [2.24, 2.45) is 5.92 Å². The lowest BCUT2D eigenvalue weighted by atomic mass is 9.48. The molecule has 2 N–H and O–H groups in total. The van der Waals surface area contributed by atoms with E-state index in [9.17, 15) is 15.0 Å². The lowest BCUT2D eigenvalue weighted by Gasteiger charge is -2.65. The molecule has 190 valence electrons. The summed E-state index contributed by atoms with van der Waals surface area (Å²) in [5.41, 5.74) is 0.623. The highest BCUT2D eigenvalue weighted by Gasteiger charge is 2.74. The first-order valence-corrected chi connectivity index (χ1v) is 14.1. The molecule has 6 heteroatoms. The molecule has 6 nitrogen and oxygen atoms in total. The lowest BCUT2D eigenvalue weighted by Crippen LogP contribution is -2.79. The van der Waals surface area contributed by atoms with Crippen molar-refractivity contribution in [3.63, 3.8) is 0 Å². The average molecular weight is 481 g/mol. The van der Waals surface area contributed by atoms with Crippen molar-refractivity contribution in [2.45, 2.75) is 119 Å². The number of hydrogen-bond acceptors (Lipinski definition) is 5. The van der Waals surface area contributed by atoms with Crippen LogP contribution in [0, 0.1) is 5.92 Å². The first kappa shape index (κ1) is 22.4. The molecule has 1 saturated heterocycles. The second-order valence-corrected chi connectivity index (χ2v) is 12.8. The van der Waals surface area contributed by atoms with Gasteiger partial charge in [0.05, 0.1) is 17.1 Å². The summed E-state index contributed by atoms with van der Waals surface area (Å²) < 4.78 is 6.76. The molecule has 0 aromatic heterocycles. The Morgan fingerprint density at radius 1 is 1.14 bits per heavy atom. The normalized spacial score (nSPS) is 39.0. The molecule has 3 saturated carbocycles. The molecular formula is C29H40N2O4. The van der Waals surface area contributed by atoms with Crippen molar-refractivity contribution >= 4 is 5.91 Å². The minimum absolute atomic E-state index is 0.0722. The topological polar surface area (TPSA) is 73.2 Å². The Balaban J connectivity index is 1.36. The van der Waals surface area contributed by atoms with Crippen molar-refractivity contribution in [1.29, 1.82) is 0 Å². The number of likely N-dealkylation sites (tertiary alicyclic amines) is 1. The quantitative estimate of drug-likeness (QED) is 0.684. The van der Waals surface area contributed by atoms with Crippen LogP contribution in [0.25, 0.3) is 0 Å². The van der Waals surface area contributed by atoms with Crippen LogP contribution in [-0.2, 0) is 16.6 Å². The Kier molecular flexibility index (Phi) is 4.72. The molecule has 4 aliphatic carbocycles. The van der Waals surface area contributed by atoms with Gasteiger partial charge in [-0.1, -0.05) is 25.3 Å². The summed E-state index contributed by atoms with van der Waals surface area (Å²) in [4.78, 5) is 18.0. The largest absolute Gasteiger partial charge is 0.504 e. The maximum atomic E-state index is 13.3. The van der Waals surface area contributed by atoms with E-state index in [4.69, 9.17) is 4.74 Å². The van der Waals surface area contributed by atoms with E-state index < -0.39 is 11.0 Å². The fraction of sp³-hybridized carbons (Fsp3) is 0.759. The number of carbonyl (C=O) groups is 1. The van der Waals surface area contributed by atoms with Crippen LogP contribution in [0.3, 0.4) is 0 Å². The molecule has 5 atom stereocenters. The zero-order valence-corrected chi connectivity index (χ0v) is 21.3. The summed E-state index contributed by atoms with van der Waals surface area (Å²) in [6.07, 6.45) is 10.9. The SMILES string of the molecule is CC(=O)N([C@H]1CC[C@@]2(O)[C@H]3Cc4ccc(O)c5c4[C@@]2(CCN3CC2CC2)[C@H]1O5)C1(C)CCCCC1. The van der Waals surface area contributed by atoms with E-state index in [1.165, 1.54) is 24.8 Å². The zero-order chi connectivity index (χ0) is 24.2. The van der Waals surface area contributed by atoms with Crippen molar-refractivity contribution in [3.05, 3.63) is 23.3 Å². The lowest BCUT2D eigenvalue weighted by molar-refractivity contribution is -0.208. The number of phenols is 1. The summed E-state index contributed by atoms with van der Waals surface area (Å²) in [7, 11) is 0. The monoisotopic (exact) mass is 480 g/mol. The highest BCUT2D eigenvalue weighted by molar-refractivity contribution is 5.75. The van der Waals surface area contributed by atoms with Gasteiger partial charge in [0, 0.05) is 30.6 Å². The number of aromatic hydroxyl groups is 1. The van der Waals surface area contributed by atoms with Gasteiger partial charge in [-0.25, -0.2) is 0 Å². The number of amides is 1. The fourth-order valence-corrected chi connectivity index (χ4v) is 9.29. The van der Waals surface area contributed by atoms with Crippen LogP contribution in [0.1, 0.15) is 89.2 Å². The summed E-state index contributed by atoms with van der Waals surface area (Å²) in [5, 5.41) is 23.6. The molecule has 6 aliphatic rings. The highest BCUT2D eigenvalue weighted by atomic mass is 16.5. The van der Waals surface area contributed by atoms with Crippen LogP contribution in [0.15, 0.2) is 12.1 Å². The Labute approximate surface area is 208 Å². The minimum Gasteiger partial charge on any atom is -0.504 e. The first-order chi connectivity index (χ1) is 16.8. The molecule has 4 fully saturated rings. The van der Waals surface area contributed by atoms with Crippen LogP contribution >= 0.6 is 0 Å². The molecule has 35 heavy (non-hydrogen) atoms. The molecule has 2 heterocycles. The second-order valence-electron chi connectivity index (χ2n) is 12.8. The predicted octanol–water partition coefficient (Wildman–Crippen LogP) is 3.90. The third kappa shape index (κ3) is 2.87. The number of ether oxygens (including phenoxy) is 1. The van der Waals surface area contributed by atoms with Crippen molar-refractivity contribution in [1.82, 2.24) is 9.80 Å². The number of rotatable bonds is 4. The number of carbonyl (C=O) groups excluding carboxylic acids is 1. The zero-order valence-electron chi connectivity index (χ0n) is 21.3. The Bertz CT molecular complexity index is 1060. The van der Waals surface area contributed by atoms with Crippen LogP contribution in [0.5, 0.6) is 11.5 Å². The van der Waals surface area contributed by atoms with Crippen LogP contribution in [-0.4, -0.2) is 68.3 Å². The third-order valence-electron chi connectivity index (χ3n) is 10.9. The fourth-order valence-electron chi connectivity index (χ4n) is 9.29. The van der Waals surface area contributed by atoms with E-state index in [1.807, 2.05) is 0 Å². The average Bonchev–Trinajstić information content (AvgIpc) is 3.56. The summed E-state index contributed by atoms with van der Waals surface area (Å²) in [6, 6.07) is 3.81. The smallest absolute Gasteiger partial charge is 0.220 e. The standard InChI is InChI=1S/C29H40N2O4/c1-18(32)31(27(2)11-4-3-5-12-27)21-10-13-29(34)23-16-20-8-9-22(33)25-24(20)28(29,26(21)35-25)14-15-30(23)17-19-6-7-19/h8-9,19,21,23,26,33-34H,3-7,10-17H2,1-2H3/t21-,23+,26-,28-,29+/m0/s1. The van der Waals surface area contributed by atoms with Gasteiger partial charge in [-0.15, -0.1) is 0 Å². The highest BCUT2D eigenvalue weighted by Crippen LogP contribution is 2.66. The molecule has 0 unspecified atom stereocenters. The Hall–Kier alpha value is -1.79. The summed E-state index contributed by atoms with van der Waals surface area (Å²) in [5.74, 6) is 1.63. The van der Waals surface area contributed by atoms with Gasteiger partial charge in [-0.2, -0.15) is 0 Å². The van der Waals surface area contributed by atoms with E-state index in [0.29, 0.717) is 12.2 Å². The maximum Gasteiger partial charge on any atom is 0.220 e. The van der Waals surface area contributed by atoms with Crippen LogP contribution in [0.2, 0.25) is 0 Å². The van der Waals surface area contributed by atoms with Crippen LogP contribution < -0.4 is 4.74 Å². The van der Waals surface area contributed by atoms with E-state index >= 15 is 0 Å². The van der Waals surface area contributed by atoms with Crippen molar-refractivity contribution in [3.8, 4) is 11.5 Å². The van der Waals surface area contributed by atoms with Gasteiger partial charge in [0.2, 0.25) is 5.91 Å². The van der Waals surface area contributed by atoms with Gasteiger partial charge in [0.25, 0.3) is 0 Å². The second kappa shape index (κ2) is 7.38. The summed E-state index contributed by atoms with van der Waals surface area (Å²) in [6.45, 7) is 6.00. The maximum absolute atomic E-state index is 13.3. The van der Waals surface area contributed by atoms with Gasteiger partial charge in [-0.05, 0) is 82.4 Å². The number of benzene rings is 1. The molecule has 1 amide bonds. The van der Waals surface area contributed by atoms with E-state index in [0.717, 1.165) is 69.5 Å². The number of piperidine rings is 1. The van der Waals surface area contributed by atoms with Crippen molar-refractivity contribution in [2.75, 3.05) is 13.1 Å². The molecule has 0 radical (unpaired) electrons. The Morgan fingerprint density at radius 3 is 2.63 bits per heavy atom. The molecule has 2 bridgehead atoms. The van der Waals surface area contributed by atoms with Gasteiger partial charge in [0.1, 0.15) is 6.10 Å². The molecular weight excluding hydrogens is 440 g/mol. The molecule has 1 aromatic carbocycles. The van der Waals surface area contributed by atoms with E-state index in [1.54, 1.807) is 13.0 Å². The van der Waals surface area contributed by atoms with Crippen LogP contribution in [0.4, 0.5) is 0 Å². The van der Waals surface area contributed by atoms with Gasteiger partial charge in [0.15, 0.2) is 11.5 Å². The number of phenolic OH excluding ortho intramolecular Hbond substituents is 1. The van der Waals surface area contributed by atoms with E-state index in [2.05, 4.69) is 22.8 Å². The van der Waals surface area contributed by atoms with Gasteiger partial charge >= 0.3 is 0 Å². The van der Waals surface area contributed by atoms with Gasteiger partial charge in [-0.3, -0.25) is 9.69 Å². The molecule has 1 aromatic rings. The summed E-state index contributed by atoms with van der Waals surface area (Å²) >= 11 is 0. The molecule has 7 rings (SSSR count). The Morgan fingerprint density at radius 2 is 1.91 bits per heavy atom. The predicted molar refractivity (Wildman–Crippen MR) is 133 cm³/mol. The third-order valence-corrected chi connectivity index (χ3v) is 10.9. The molecule has 1 spiro atoms. The van der Waals surface area contributed by atoms with Crippen molar-refractivity contribution < 1.29 is 19.7 Å².